The van der Waals surface area contributed by atoms with Crippen LogP contribution >= 0.6 is 0 Å². The maximum Gasteiger partial charge on any atom is 0.224 e. The van der Waals surface area contributed by atoms with Crippen LogP contribution in [0.2, 0.25) is 0 Å². The summed E-state index contributed by atoms with van der Waals surface area (Å²) in [5.74, 6) is 1.15. The fourth-order valence-corrected chi connectivity index (χ4v) is 2.63. The van der Waals surface area contributed by atoms with Gasteiger partial charge in [-0.05, 0) is 51.1 Å². The number of benzene rings is 1. The molecule has 1 amide bonds. The van der Waals surface area contributed by atoms with Crippen molar-refractivity contribution in [3.05, 3.63) is 29.8 Å². The van der Waals surface area contributed by atoms with Crippen molar-refractivity contribution in [3.63, 3.8) is 0 Å². The van der Waals surface area contributed by atoms with Gasteiger partial charge in [-0.3, -0.25) is 4.79 Å². The fourth-order valence-electron chi connectivity index (χ4n) is 2.63. The van der Waals surface area contributed by atoms with Crippen LogP contribution in [0.5, 0.6) is 5.75 Å². The summed E-state index contributed by atoms with van der Waals surface area (Å²) in [4.78, 5) is 14.4. The molecule has 1 aliphatic rings. The van der Waals surface area contributed by atoms with E-state index in [0.717, 1.165) is 37.2 Å². The molecular formula is C16H24N2O2. The molecule has 1 aromatic rings. The number of likely N-dealkylation sites (tertiary alicyclic amines) is 1. The van der Waals surface area contributed by atoms with E-state index in [9.17, 15) is 4.79 Å². The second kappa shape index (κ2) is 7.29. The van der Waals surface area contributed by atoms with Crippen LogP contribution in [0.4, 0.5) is 0 Å². The number of piperidine rings is 1. The molecule has 1 fully saturated rings. The highest BCUT2D eigenvalue weighted by Crippen LogP contribution is 2.16. The van der Waals surface area contributed by atoms with Gasteiger partial charge in [0.25, 0.3) is 0 Å². The molecule has 0 aliphatic carbocycles. The average molecular weight is 276 g/mol. The van der Waals surface area contributed by atoms with Crippen molar-refractivity contribution in [2.24, 2.45) is 5.92 Å². The van der Waals surface area contributed by atoms with E-state index in [4.69, 9.17) is 4.74 Å². The Kier molecular flexibility index (Phi) is 5.41. The summed E-state index contributed by atoms with van der Waals surface area (Å²) in [6.45, 7) is 5.16. The molecular weight excluding hydrogens is 252 g/mol. The molecule has 1 atom stereocenters. The van der Waals surface area contributed by atoms with Gasteiger partial charge in [0.1, 0.15) is 5.75 Å². The van der Waals surface area contributed by atoms with E-state index in [1.54, 1.807) is 0 Å². The minimum absolute atomic E-state index is 0.129. The lowest BCUT2D eigenvalue weighted by molar-refractivity contribution is -0.126. The Morgan fingerprint density at radius 2 is 2.35 bits per heavy atom. The number of nitrogens with one attached hydrogen (secondary N) is 1. The third-order valence-electron chi connectivity index (χ3n) is 3.67. The zero-order valence-electron chi connectivity index (χ0n) is 12.4. The van der Waals surface area contributed by atoms with Gasteiger partial charge in [0.05, 0.1) is 12.5 Å². The molecule has 2 rings (SSSR count). The first-order valence-electron chi connectivity index (χ1n) is 7.37. The van der Waals surface area contributed by atoms with E-state index in [2.05, 4.69) is 17.3 Å². The molecule has 110 valence electrons. The number of hydrogen-bond acceptors (Lipinski definition) is 3. The summed E-state index contributed by atoms with van der Waals surface area (Å²) in [6, 6.07) is 7.89. The van der Waals surface area contributed by atoms with Crippen LogP contribution in [0.1, 0.15) is 25.3 Å². The summed E-state index contributed by atoms with van der Waals surface area (Å²) < 4.78 is 5.46. The van der Waals surface area contributed by atoms with E-state index < -0.39 is 0 Å². The van der Waals surface area contributed by atoms with E-state index in [1.165, 1.54) is 0 Å². The largest absolute Gasteiger partial charge is 0.494 e. The predicted molar refractivity (Wildman–Crippen MR) is 79.7 cm³/mol. The van der Waals surface area contributed by atoms with E-state index in [1.807, 2.05) is 31.2 Å². The van der Waals surface area contributed by atoms with Crippen LogP contribution in [-0.4, -0.2) is 37.6 Å². The highest BCUT2D eigenvalue weighted by molar-refractivity contribution is 5.78. The van der Waals surface area contributed by atoms with Gasteiger partial charge in [-0.15, -0.1) is 0 Å². The topological polar surface area (TPSA) is 41.6 Å². The molecule has 1 aromatic carbocycles. The van der Waals surface area contributed by atoms with Gasteiger partial charge in [-0.1, -0.05) is 12.1 Å². The normalized spacial score (nSPS) is 19.6. The standard InChI is InChI=1S/C16H24N2O2/c1-3-20-15-8-4-6-13(10-15)11-17-16(19)14-7-5-9-18(2)12-14/h4,6,8,10,14H,3,5,7,9,11-12H2,1-2H3,(H,17,19). The first kappa shape index (κ1) is 14.9. The second-order valence-corrected chi connectivity index (χ2v) is 5.40. The molecule has 4 heteroatoms. The minimum Gasteiger partial charge on any atom is -0.494 e. The van der Waals surface area contributed by atoms with Crippen LogP contribution in [-0.2, 0) is 11.3 Å². The smallest absolute Gasteiger partial charge is 0.224 e. The monoisotopic (exact) mass is 276 g/mol. The Labute approximate surface area is 121 Å². The first-order valence-corrected chi connectivity index (χ1v) is 7.37. The molecule has 0 aromatic heterocycles. The first-order chi connectivity index (χ1) is 9.69. The Morgan fingerprint density at radius 3 is 3.10 bits per heavy atom. The van der Waals surface area contributed by atoms with Crippen LogP contribution < -0.4 is 10.1 Å². The van der Waals surface area contributed by atoms with Gasteiger partial charge < -0.3 is 15.0 Å². The van der Waals surface area contributed by atoms with Crippen LogP contribution in [0, 0.1) is 5.92 Å². The van der Waals surface area contributed by atoms with E-state index >= 15 is 0 Å². The zero-order chi connectivity index (χ0) is 14.4. The number of amides is 1. The molecule has 1 N–H and O–H groups in total. The summed E-state index contributed by atoms with van der Waals surface area (Å²) in [5, 5.41) is 3.04. The molecule has 0 radical (unpaired) electrons. The summed E-state index contributed by atoms with van der Waals surface area (Å²) in [7, 11) is 2.07. The van der Waals surface area contributed by atoms with Crippen molar-refractivity contribution < 1.29 is 9.53 Å². The molecule has 0 bridgehead atoms. The van der Waals surface area contributed by atoms with Crippen molar-refractivity contribution in [2.45, 2.75) is 26.3 Å². The van der Waals surface area contributed by atoms with Gasteiger partial charge in [0.15, 0.2) is 0 Å². The lowest BCUT2D eigenvalue weighted by atomic mass is 9.97. The van der Waals surface area contributed by atoms with Crippen molar-refractivity contribution in [2.75, 3.05) is 26.7 Å². The minimum atomic E-state index is 0.129. The molecule has 4 nitrogen and oxygen atoms in total. The molecule has 1 aliphatic heterocycles. The SMILES string of the molecule is CCOc1cccc(CNC(=O)C2CCCN(C)C2)c1. The molecule has 20 heavy (non-hydrogen) atoms. The summed E-state index contributed by atoms with van der Waals surface area (Å²) >= 11 is 0. The van der Waals surface area contributed by atoms with Crippen molar-refractivity contribution in [1.29, 1.82) is 0 Å². The quantitative estimate of drug-likeness (QED) is 0.895. The Bertz CT molecular complexity index is 448. The van der Waals surface area contributed by atoms with Crippen molar-refractivity contribution in [3.8, 4) is 5.75 Å². The van der Waals surface area contributed by atoms with Crippen molar-refractivity contribution in [1.82, 2.24) is 10.2 Å². The van der Waals surface area contributed by atoms with Gasteiger partial charge in [0.2, 0.25) is 5.91 Å². The van der Waals surface area contributed by atoms with Gasteiger partial charge in [-0.25, -0.2) is 0 Å². The number of carbonyl (C=O) groups is 1. The van der Waals surface area contributed by atoms with Crippen molar-refractivity contribution >= 4 is 5.91 Å². The van der Waals surface area contributed by atoms with Gasteiger partial charge >= 0.3 is 0 Å². The number of nitrogens with zero attached hydrogens (tertiary/aromatic N) is 1. The summed E-state index contributed by atoms with van der Waals surface area (Å²) in [5.41, 5.74) is 1.08. The van der Waals surface area contributed by atoms with Gasteiger partial charge in [0, 0.05) is 13.1 Å². The van der Waals surface area contributed by atoms with Crippen LogP contribution in [0.15, 0.2) is 24.3 Å². The molecule has 0 spiro atoms. The maximum atomic E-state index is 12.2. The molecule has 1 unspecified atom stereocenters. The van der Waals surface area contributed by atoms with E-state index in [0.29, 0.717) is 13.2 Å². The Balaban J connectivity index is 1.85. The van der Waals surface area contributed by atoms with Crippen LogP contribution in [0.25, 0.3) is 0 Å². The second-order valence-electron chi connectivity index (χ2n) is 5.40. The van der Waals surface area contributed by atoms with E-state index in [-0.39, 0.29) is 11.8 Å². The molecule has 1 heterocycles. The van der Waals surface area contributed by atoms with Gasteiger partial charge in [-0.2, -0.15) is 0 Å². The number of rotatable bonds is 5. The lowest BCUT2D eigenvalue weighted by Crippen LogP contribution is -2.41. The number of hydrogen-bond donors (Lipinski definition) is 1. The zero-order valence-corrected chi connectivity index (χ0v) is 12.4. The summed E-state index contributed by atoms with van der Waals surface area (Å²) in [6.07, 6.45) is 2.10. The highest BCUT2D eigenvalue weighted by Gasteiger charge is 2.23. The third-order valence-corrected chi connectivity index (χ3v) is 3.67. The Hall–Kier alpha value is -1.55. The lowest BCUT2D eigenvalue weighted by Gasteiger charge is -2.28. The maximum absolute atomic E-state index is 12.2. The predicted octanol–water partition coefficient (Wildman–Crippen LogP) is 2.04. The highest BCUT2D eigenvalue weighted by atomic mass is 16.5. The van der Waals surface area contributed by atoms with Crippen LogP contribution in [0.3, 0.4) is 0 Å². The third kappa shape index (κ3) is 4.23. The Morgan fingerprint density at radius 1 is 1.50 bits per heavy atom. The fraction of sp³-hybridized carbons (Fsp3) is 0.562. The molecule has 1 saturated heterocycles. The number of ether oxygens (including phenoxy) is 1. The molecule has 0 saturated carbocycles. The average Bonchev–Trinajstić information content (AvgIpc) is 2.45. The number of carbonyl (C=O) groups excluding carboxylic acids is 1.